The molecular formula is C34H42O5S2. The molecule has 3 aromatic carbocycles. The van der Waals surface area contributed by atoms with Crippen molar-refractivity contribution in [2.24, 2.45) is 16.7 Å². The van der Waals surface area contributed by atoms with Crippen LogP contribution in [0.15, 0.2) is 99.6 Å². The van der Waals surface area contributed by atoms with Gasteiger partial charge in [0.2, 0.25) is 0 Å². The van der Waals surface area contributed by atoms with Crippen LogP contribution < -0.4 is 4.74 Å². The van der Waals surface area contributed by atoms with E-state index in [2.05, 4.69) is 91.9 Å². The van der Waals surface area contributed by atoms with Crippen molar-refractivity contribution < 1.29 is 22.5 Å². The minimum Gasteiger partial charge on any atom is -0.748 e. The van der Waals surface area contributed by atoms with Gasteiger partial charge in [0.25, 0.3) is 0 Å². The lowest BCUT2D eigenvalue weighted by molar-refractivity contribution is -0.128. The lowest BCUT2D eigenvalue weighted by Crippen LogP contribution is -2.42. The zero-order chi connectivity index (χ0) is 29.5. The Hall–Kier alpha value is -2.61. The van der Waals surface area contributed by atoms with E-state index >= 15 is 0 Å². The Morgan fingerprint density at radius 3 is 1.88 bits per heavy atom. The van der Waals surface area contributed by atoms with Crippen molar-refractivity contribution in [3.8, 4) is 5.75 Å². The highest BCUT2D eigenvalue weighted by Crippen LogP contribution is 2.64. The van der Waals surface area contributed by atoms with E-state index in [0.717, 1.165) is 25.2 Å². The van der Waals surface area contributed by atoms with Crippen LogP contribution in [0.1, 0.15) is 65.7 Å². The molecule has 2 fully saturated rings. The maximum Gasteiger partial charge on any atom is 0.166 e. The standard InChI is InChI=1S/C24H27OS.C10H16O4S/c1-2-3-4-11-20-25-21-16-18-24(19-17-21)26(22-12-7-5-8-13-22)23-14-9-6-10-15-23;1-9(2)7-3-4-10(9,8(11)5-7)6-15(12,13)14/h5-10,12-19H,2-4,11,20H2,1H3;7H,3-6H2,1-2H3,(H,12,13,14)/q+1;/p-1. The first-order chi connectivity index (χ1) is 19.6. The normalized spacial score (nSPS) is 21.0. The number of hydrogen-bond acceptors (Lipinski definition) is 5. The van der Waals surface area contributed by atoms with E-state index < -0.39 is 21.3 Å². The number of carbonyl (C=O) groups excluding carboxylic acids is 1. The zero-order valence-electron chi connectivity index (χ0n) is 24.4. The van der Waals surface area contributed by atoms with Crippen LogP contribution in [0.3, 0.4) is 0 Å². The molecule has 0 aliphatic heterocycles. The van der Waals surface area contributed by atoms with Crippen molar-refractivity contribution in [3.63, 3.8) is 0 Å². The Morgan fingerprint density at radius 1 is 0.854 bits per heavy atom. The fourth-order valence-electron chi connectivity index (χ4n) is 6.32. The Balaban J connectivity index is 0.000000218. The number of carbonyl (C=O) groups is 1. The fourth-order valence-corrected chi connectivity index (χ4v) is 9.69. The molecule has 41 heavy (non-hydrogen) atoms. The van der Waals surface area contributed by atoms with E-state index in [-0.39, 0.29) is 28.0 Å². The summed E-state index contributed by atoms with van der Waals surface area (Å²) >= 11 is 0. The van der Waals surface area contributed by atoms with Crippen molar-refractivity contribution >= 4 is 26.8 Å². The summed E-state index contributed by atoms with van der Waals surface area (Å²) in [5.41, 5.74) is -1.22. The molecule has 5 rings (SSSR count). The average Bonchev–Trinajstić information content (AvgIpc) is 3.29. The Kier molecular flexibility index (Phi) is 10.4. The molecule has 7 heteroatoms. The van der Waals surface area contributed by atoms with Gasteiger partial charge in [-0.2, -0.15) is 0 Å². The number of benzene rings is 3. The van der Waals surface area contributed by atoms with Crippen LogP contribution in [0, 0.1) is 16.7 Å². The molecule has 2 aliphatic carbocycles. The lowest BCUT2D eigenvalue weighted by atomic mass is 9.70. The molecular weight excluding hydrogens is 553 g/mol. The summed E-state index contributed by atoms with van der Waals surface area (Å²) in [6.07, 6.45) is 6.81. The summed E-state index contributed by atoms with van der Waals surface area (Å²) in [6, 6.07) is 30.1. The van der Waals surface area contributed by atoms with Crippen LogP contribution >= 0.6 is 0 Å². The van der Waals surface area contributed by atoms with Gasteiger partial charge in [-0.1, -0.05) is 76.4 Å². The minimum absolute atomic E-state index is 0.0248. The second-order valence-corrected chi connectivity index (χ2v) is 15.1. The molecule has 2 bridgehead atoms. The van der Waals surface area contributed by atoms with Crippen LogP contribution in [-0.2, 0) is 25.8 Å². The molecule has 220 valence electrons. The number of fused-ring (bicyclic) bond motifs is 2. The number of rotatable bonds is 11. The molecule has 0 aromatic heterocycles. The molecule has 3 aromatic rings. The second-order valence-electron chi connectivity index (χ2n) is 11.7. The molecule has 0 amide bonds. The molecule has 2 saturated carbocycles. The molecule has 0 spiro atoms. The van der Waals surface area contributed by atoms with Gasteiger partial charge in [-0.15, -0.1) is 0 Å². The molecule has 2 unspecified atom stereocenters. The van der Waals surface area contributed by atoms with E-state index in [0.29, 0.717) is 12.8 Å². The van der Waals surface area contributed by atoms with E-state index in [1.54, 1.807) is 0 Å². The number of hydrogen-bond donors (Lipinski definition) is 0. The van der Waals surface area contributed by atoms with Gasteiger partial charge in [-0.25, -0.2) is 8.42 Å². The number of unbranched alkanes of at least 4 members (excludes halogenated alkanes) is 3. The SMILES string of the molecule is CC1(C)C2CCC1(CS(=O)(=O)[O-])C(=O)C2.CCCCCCOc1ccc([S+](c2ccccc2)c2ccccc2)cc1. The summed E-state index contributed by atoms with van der Waals surface area (Å²) in [4.78, 5) is 15.8. The highest BCUT2D eigenvalue weighted by atomic mass is 32.2. The quantitative estimate of drug-likeness (QED) is 0.129. The fraction of sp³-hybridized carbons (Fsp3) is 0.441. The van der Waals surface area contributed by atoms with E-state index in [1.807, 2.05) is 13.8 Å². The predicted octanol–water partition coefficient (Wildman–Crippen LogP) is 7.67. The molecule has 0 saturated heterocycles. The van der Waals surface area contributed by atoms with E-state index in [9.17, 15) is 17.8 Å². The Morgan fingerprint density at radius 2 is 1.41 bits per heavy atom. The monoisotopic (exact) mass is 594 g/mol. The average molecular weight is 595 g/mol. The van der Waals surface area contributed by atoms with Crippen molar-refractivity contribution in [1.29, 1.82) is 0 Å². The maximum absolute atomic E-state index is 11.8. The first-order valence-electron chi connectivity index (χ1n) is 14.6. The van der Waals surface area contributed by atoms with Gasteiger partial charge in [-0.05, 0) is 79.1 Å². The zero-order valence-corrected chi connectivity index (χ0v) is 26.0. The molecule has 0 heterocycles. The molecule has 2 atom stereocenters. The second kappa shape index (κ2) is 13.6. The van der Waals surface area contributed by atoms with Crippen LogP contribution in [0.5, 0.6) is 5.75 Å². The van der Waals surface area contributed by atoms with Gasteiger partial charge >= 0.3 is 0 Å². The van der Waals surface area contributed by atoms with E-state index in [4.69, 9.17) is 4.74 Å². The van der Waals surface area contributed by atoms with Crippen molar-refractivity contribution in [2.75, 3.05) is 12.4 Å². The third-order valence-electron chi connectivity index (χ3n) is 8.85. The van der Waals surface area contributed by atoms with Crippen LogP contribution in [0.25, 0.3) is 0 Å². The minimum atomic E-state index is -4.33. The van der Waals surface area contributed by atoms with Gasteiger partial charge in [0.15, 0.2) is 14.7 Å². The number of ketones is 1. The maximum atomic E-state index is 11.8. The van der Waals surface area contributed by atoms with Gasteiger partial charge in [0, 0.05) is 11.8 Å². The summed E-state index contributed by atoms with van der Waals surface area (Å²) in [7, 11) is -4.41. The first kappa shape index (κ1) is 31.3. The smallest absolute Gasteiger partial charge is 0.166 e. The highest BCUT2D eigenvalue weighted by molar-refractivity contribution is 7.97. The molecule has 0 radical (unpaired) electrons. The van der Waals surface area contributed by atoms with Gasteiger partial charge < -0.3 is 9.29 Å². The lowest BCUT2D eigenvalue weighted by Gasteiger charge is -2.37. The van der Waals surface area contributed by atoms with Crippen LogP contribution in [-0.4, -0.2) is 31.1 Å². The van der Waals surface area contributed by atoms with E-state index in [1.165, 1.54) is 33.9 Å². The molecule has 5 nitrogen and oxygen atoms in total. The Bertz CT molecular complexity index is 1330. The summed E-state index contributed by atoms with van der Waals surface area (Å²) < 4.78 is 38.6. The van der Waals surface area contributed by atoms with Gasteiger partial charge in [0.05, 0.1) is 33.4 Å². The van der Waals surface area contributed by atoms with Crippen LogP contribution in [0.4, 0.5) is 0 Å². The highest BCUT2D eigenvalue weighted by Gasteiger charge is 2.64. The van der Waals surface area contributed by atoms with Gasteiger partial charge in [0.1, 0.15) is 11.5 Å². The Labute approximate surface area is 248 Å². The predicted molar refractivity (Wildman–Crippen MR) is 164 cm³/mol. The summed E-state index contributed by atoms with van der Waals surface area (Å²) in [6.45, 7) is 6.88. The summed E-state index contributed by atoms with van der Waals surface area (Å²) in [5, 5.41) is 0. The molecule has 2 aliphatic rings. The van der Waals surface area contributed by atoms with Crippen molar-refractivity contribution in [3.05, 3.63) is 84.9 Å². The largest absolute Gasteiger partial charge is 0.748 e. The third-order valence-corrected chi connectivity index (χ3v) is 11.9. The topological polar surface area (TPSA) is 83.5 Å². The first-order valence-corrected chi connectivity index (χ1v) is 17.4. The molecule has 0 N–H and O–H groups in total. The van der Waals surface area contributed by atoms with Crippen molar-refractivity contribution in [1.82, 2.24) is 0 Å². The third kappa shape index (κ3) is 7.43. The summed E-state index contributed by atoms with van der Waals surface area (Å²) in [5.74, 6) is 0.687. The number of Topliss-reactive ketones (excluding diaryl/α,β-unsaturated/α-hetero) is 1. The van der Waals surface area contributed by atoms with Crippen molar-refractivity contribution in [2.45, 2.75) is 80.4 Å². The van der Waals surface area contributed by atoms with Gasteiger partial charge in [-0.3, -0.25) is 4.79 Å². The number of ether oxygens (including phenoxy) is 1. The van der Waals surface area contributed by atoms with Crippen LogP contribution in [0.2, 0.25) is 0 Å².